The fraction of sp³-hybridized carbons (Fsp3) is 0.538. The molecule has 1 rings (SSSR count). The molecule has 0 aliphatic carbocycles. The van der Waals surface area contributed by atoms with Crippen LogP contribution in [0, 0.1) is 0 Å². The van der Waals surface area contributed by atoms with Crippen molar-refractivity contribution in [1.82, 2.24) is 14.8 Å². The van der Waals surface area contributed by atoms with E-state index in [9.17, 15) is 4.79 Å². The number of hydrogen-bond donors (Lipinski definition) is 0. The summed E-state index contributed by atoms with van der Waals surface area (Å²) in [6.07, 6.45) is 1.76. The van der Waals surface area contributed by atoms with E-state index in [0.29, 0.717) is 13.1 Å². The summed E-state index contributed by atoms with van der Waals surface area (Å²) in [5, 5.41) is 0. The van der Waals surface area contributed by atoms with Gasteiger partial charge in [0.2, 0.25) is 0 Å². The molecule has 0 fully saturated rings. The second-order valence-corrected chi connectivity index (χ2v) is 3.79. The number of hydrogen-bond acceptors (Lipinski definition) is 2. The van der Waals surface area contributed by atoms with Crippen molar-refractivity contribution in [2.75, 3.05) is 19.6 Å². The molecule has 0 bridgehead atoms. The zero-order valence-corrected chi connectivity index (χ0v) is 10.9. The molecule has 4 heteroatoms. The maximum Gasteiger partial charge on any atom is 0.320 e. The van der Waals surface area contributed by atoms with E-state index < -0.39 is 0 Å². The van der Waals surface area contributed by atoms with Gasteiger partial charge in [-0.3, -0.25) is 4.98 Å². The summed E-state index contributed by atoms with van der Waals surface area (Å²) in [6, 6.07) is 5.85. The maximum atomic E-state index is 12.2. The normalized spacial score (nSPS) is 10.1. The van der Waals surface area contributed by atoms with Crippen LogP contribution in [0.25, 0.3) is 0 Å². The van der Waals surface area contributed by atoms with E-state index in [1.165, 1.54) is 0 Å². The molecule has 0 saturated heterocycles. The standard InChI is InChI=1S/C13H21N3O/c1-4-15(5-2)13(17)16(6-3)11-12-9-7-8-10-14-12/h7-10H,4-6,11H2,1-3H3. The van der Waals surface area contributed by atoms with E-state index >= 15 is 0 Å². The first-order valence-electron chi connectivity index (χ1n) is 6.16. The lowest BCUT2D eigenvalue weighted by Crippen LogP contribution is -2.42. The van der Waals surface area contributed by atoms with Crippen LogP contribution in [-0.2, 0) is 6.54 Å². The molecule has 0 atom stereocenters. The van der Waals surface area contributed by atoms with Gasteiger partial charge >= 0.3 is 6.03 Å². The minimum Gasteiger partial charge on any atom is -0.325 e. The fourth-order valence-corrected chi connectivity index (χ4v) is 1.70. The SMILES string of the molecule is CCN(CC)C(=O)N(CC)Cc1ccccn1. The molecule has 0 aliphatic heterocycles. The first-order chi connectivity index (χ1) is 8.22. The summed E-state index contributed by atoms with van der Waals surface area (Å²) in [7, 11) is 0. The van der Waals surface area contributed by atoms with E-state index in [4.69, 9.17) is 0 Å². The zero-order valence-electron chi connectivity index (χ0n) is 10.9. The number of rotatable bonds is 5. The molecule has 0 unspecified atom stereocenters. The topological polar surface area (TPSA) is 36.4 Å². The number of pyridine rings is 1. The predicted octanol–water partition coefficient (Wildman–Crippen LogP) is 2.37. The first kappa shape index (κ1) is 13.5. The lowest BCUT2D eigenvalue weighted by atomic mass is 10.3. The zero-order chi connectivity index (χ0) is 12.7. The van der Waals surface area contributed by atoms with Gasteiger partial charge in [-0.1, -0.05) is 6.07 Å². The molecule has 17 heavy (non-hydrogen) atoms. The number of nitrogens with zero attached hydrogens (tertiary/aromatic N) is 3. The quantitative estimate of drug-likeness (QED) is 0.785. The van der Waals surface area contributed by atoms with Crippen molar-refractivity contribution in [1.29, 1.82) is 0 Å². The van der Waals surface area contributed by atoms with Gasteiger partial charge < -0.3 is 9.80 Å². The second kappa shape index (κ2) is 6.89. The van der Waals surface area contributed by atoms with Crippen LogP contribution in [0.5, 0.6) is 0 Å². The number of carbonyl (C=O) groups excluding carboxylic acids is 1. The van der Waals surface area contributed by atoms with Gasteiger partial charge in [0.05, 0.1) is 12.2 Å². The van der Waals surface area contributed by atoms with Gasteiger partial charge in [-0.15, -0.1) is 0 Å². The van der Waals surface area contributed by atoms with Crippen LogP contribution in [-0.4, -0.2) is 40.4 Å². The van der Waals surface area contributed by atoms with Gasteiger partial charge in [0.1, 0.15) is 0 Å². The van der Waals surface area contributed by atoms with Crippen molar-refractivity contribution in [2.45, 2.75) is 27.3 Å². The van der Waals surface area contributed by atoms with Gasteiger partial charge in [0.25, 0.3) is 0 Å². The molecule has 0 saturated carbocycles. The van der Waals surface area contributed by atoms with E-state index in [0.717, 1.165) is 18.8 Å². The van der Waals surface area contributed by atoms with Crippen LogP contribution >= 0.6 is 0 Å². The Hall–Kier alpha value is -1.58. The highest BCUT2D eigenvalue weighted by molar-refractivity contribution is 5.74. The summed E-state index contributed by atoms with van der Waals surface area (Å²) in [6.45, 7) is 8.75. The highest BCUT2D eigenvalue weighted by atomic mass is 16.2. The van der Waals surface area contributed by atoms with Crippen LogP contribution in [0.4, 0.5) is 4.79 Å². The number of urea groups is 1. The average molecular weight is 235 g/mol. The third-order valence-electron chi connectivity index (χ3n) is 2.77. The summed E-state index contributed by atoms with van der Waals surface area (Å²) >= 11 is 0. The molecule has 0 spiro atoms. The monoisotopic (exact) mass is 235 g/mol. The smallest absolute Gasteiger partial charge is 0.320 e. The number of aromatic nitrogens is 1. The van der Waals surface area contributed by atoms with E-state index in [-0.39, 0.29) is 6.03 Å². The van der Waals surface area contributed by atoms with Gasteiger partial charge in [0, 0.05) is 25.8 Å². The summed E-state index contributed by atoms with van der Waals surface area (Å²) in [5.74, 6) is 0. The van der Waals surface area contributed by atoms with E-state index in [1.54, 1.807) is 6.20 Å². The molecule has 1 heterocycles. The summed E-state index contributed by atoms with van der Waals surface area (Å²) < 4.78 is 0. The molecule has 94 valence electrons. The molecule has 0 aromatic carbocycles. The summed E-state index contributed by atoms with van der Waals surface area (Å²) in [5.41, 5.74) is 0.926. The Bertz CT molecular complexity index is 336. The van der Waals surface area contributed by atoms with Crippen LogP contribution in [0.1, 0.15) is 26.5 Å². The van der Waals surface area contributed by atoms with Crippen molar-refractivity contribution < 1.29 is 4.79 Å². The van der Waals surface area contributed by atoms with Crippen LogP contribution < -0.4 is 0 Å². The second-order valence-electron chi connectivity index (χ2n) is 3.79. The third kappa shape index (κ3) is 3.73. The lowest BCUT2D eigenvalue weighted by molar-refractivity contribution is 0.156. The van der Waals surface area contributed by atoms with Crippen molar-refractivity contribution in [3.63, 3.8) is 0 Å². The largest absolute Gasteiger partial charge is 0.325 e. The van der Waals surface area contributed by atoms with Crippen LogP contribution in [0.2, 0.25) is 0 Å². The van der Waals surface area contributed by atoms with Crippen molar-refractivity contribution in [2.24, 2.45) is 0 Å². The van der Waals surface area contributed by atoms with Crippen LogP contribution in [0.15, 0.2) is 24.4 Å². The highest BCUT2D eigenvalue weighted by Gasteiger charge is 2.17. The van der Waals surface area contributed by atoms with Gasteiger partial charge in [-0.25, -0.2) is 4.79 Å². The molecule has 2 amide bonds. The number of amides is 2. The molecule has 4 nitrogen and oxygen atoms in total. The fourth-order valence-electron chi connectivity index (χ4n) is 1.70. The molecule has 1 aromatic rings. The number of carbonyl (C=O) groups is 1. The molecule has 1 aromatic heterocycles. The van der Waals surface area contributed by atoms with Gasteiger partial charge in [-0.2, -0.15) is 0 Å². The van der Waals surface area contributed by atoms with Crippen molar-refractivity contribution in [3.8, 4) is 0 Å². The maximum absolute atomic E-state index is 12.2. The minimum atomic E-state index is 0.0863. The first-order valence-corrected chi connectivity index (χ1v) is 6.16. The van der Waals surface area contributed by atoms with Gasteiger partial charge in [-0.05, 0) is 32.9 Å². The average Bonchev–Trinajstić information content (AvgIpc) is 2.38. The van der Waals surface area contributed by atoms with E-state index in [1.807, 2.05) is 48.8 Å². The molecule has 0 N–H and O–H groups in total. The summed E-state index contributed by atoms with van der Waals surface area (Å²) in [4.78, 5) is 20.1. The Labute approximate surface area is 103 Å². The van der Waals surface area contributed by atoms with Gasteiger partial charge in [0.15, 0.2) is 0 Å². The van der Waals surface area contributed by atoms with Crippen LogP contribution in [0.3, 0.4) is 0 Å². The van der Waals surface area contributed by atoms with Crippen molar-refractivity contribution >= 4 is 6.03 Å². The molecule has 0 radical (unpaired) electrons. The minimum absolute atomic E-state index is 0.0863. The van der Waals surface area contributed by atoms with E-state index in [2.05, 4.69) is 4.98 Å². The molecular formula is C13H21N3O. The lowest BCUT2D eigenvalue weighted by Gasteiger charge is -2.28. The Kier molecular flexibility index (Phi) is 5.46. The molecular weight excluding hydrogens is 214 g/mol. The Morgan fingerprint density at radius 1 is 1.12 bits per heavy atom. The Morgan fingerprint density at radius 2 is 1.76 bits per heavy atom. The Balaban J connectivity index is 2.68. The predicted molar refractivity (Wildman–Crippen MR) is 68.6 cm³/mol. The Morgan fingerprint density at radius 3 is 2.24 bits per heavy atom. The van der Waals surface area contributed by atoms with Crippen molar-refractivity contribution in [3.05, 3.63) is 30.1 Å². The third-order valence-corrected chi connectivity index (χ3v) is 2.77. The molecule has 0 aliphatic rings. The highest BCUT2D eigenvalue weighted by Crippen LogP contribution is 2.05.